The Morgan fingerprint density at radius 3 is 2.79 bits per heavy atom. The highest BCUT2D eigenvalue weighted by atomic mass is 19.1. The Bertz CT molecular complexity index is 461. The van der Waals surface area contributed by atoms with Gasteiger partial charge in [-0.2, -0.15) is 0 Å². The molecule has 1 fully saturated rings. The normalized spacial score (nSPS) is 23.1. The molecule has 19 heavy (non-hydrogen) atoms. The Kier molecular flexibility index (Phi) is 4.40. The number of aromatic carboxylic acids is 1. The predicted molar refractivity (Wildman–Crippen MR) is 73.0 cm³/mol. The van der Waals surface area contributed by atoms with E-state index in [2.05, 4.69) is 12.2 Å². The smallest absolute Gasteiger partial charge is 0.335 e. The summed E-state index contributed by atoms with van der Waals surface area (Å²) in [5.74, 6) is -1.01. The van der Waals surface area contributed by atoms with Crippen LogP contribution in [-0.2, 0) is 0 Å². The zero-order valence-corrected chi connectivity index (χ0v) is 11.2. The highest BCUT2D eigenvalue weighted by Crippen LogP contribution is 2.30. The second kappa shape index (κ2) is 6.04. The first kappa shape index (κ1) is 13.8. The molecule has 4 heteroatoms. The average Bonchev–Trinajstić information content (AvgIpc) is 2.41. The monoisotopic (exact) mass is 265 g/mol. The van der Waals surface area contributed by atoms with Crippen LogP contribution in [0.25, 0.3) is 0 Å². The first-order valence-electron chi connectivity index (χ1n) is 6.91. The summed E-state index contributed by atoms with van der Waals surface area (Å²) < 4.78 is 13.9. The van der Waals surface area contributed by atoms with Gasteiger partial charge in [0, 0.05) is 6.04 Å². The van der Waals surface area contributed by atoms with E-state index in [1.165, 1.54) is 31.4 Å². The second-order valence-corrected chi connectivity index (χ2v) is 5.20. The third-order valence-corrected chi connectivity index (χ3v) is 3.99. The van der Waals surface area contributed by atoms with Crippen molar-refractivity contribution in [2.24, 2.45) is 5.92 Å². The summed E-state index contributed by atoms with van der Waals surface area (Å²) in [4.78, 5) is 10.8. The van der Waals surface area contributed by atoms with Gasteiger partial charge in [0.1, 0.15) is 5.82 Å². The van der Waals surface area contributed by atoms with E-state index in [1.54, 1.807) is 0 Å². The van der Waals surface area contributed by atoms with E-state index in [0.29, 0.717) is 17.6 Å². The fraction of sp³-hybridized carbons (Fsp3) is 0.533. The van der Waals surface area contributed by atoms with Crippen molar-refractivity contribution in [3.05, 3.63) is 29.6 Å². The molecular weight excluding hydrogens is 245 g/mol. The number of carboxylic acids is 1. The summed E-state index contributed by atoms with van der Waals surface area (Å²) in [6.07, 6.45) is 5.74. The van der Waals surface area contributed by atoms with E-state index < -0.39 is 11.8 Å². The van der Waals surface area contributed by atoms with Gasteiger partial charge in [0.25, 0.3) is 0 Å². The maximum absolute atomic E-state index is 13.9. The van der Waals surface area contributed by atoms with E-state index >= 15 is 0 Å². The number of carboxylic acid groups (broad SMARTS) is 1. The molecule has 104 valence electrons. The summed E-state index contributed by atoms with van der Waals surface area (Å²) in [6.45, 7) is 2.16. The fourth-order valence-electron chi connectivity index (χ4n) is 2.85. The zero-order valence-electron chi connectivity index (χ0n) is 11.2. The molecule has 0 amide bonds. The zero-order chi connectivity index (χ0) is 13.8. The first-order valence-corrected chi connectivity index (χ1v) is 6.91. The van der Waals surface area contributed by atoms with Crippen molar-refractivity contribution in [2.75, 3.05) is 5.32 Å². The Labute approximate surface area is 112 Å². The molecule has 3 nitrogen and oxygen atoms in total. The minimum Gasteiger partial charge on any atom is -0.478 e. The summed E-state index contributed by atoms with van der Waals surface area (Å²) in [7, 11) is 0. The van der Waals surface area contributed by atoms with Crippen molar-refractivity contribution in [3.8, 4) is 0 Å². The molecule has 2 rings (SSSR count). The van der Waals surface area contributed by atoms with Crippen LogP contribution in [0.1, 0.15) is 49.4 Å². The van der Waals surface area contributed by atoms with Crippen molar-refractivity contribution in [1.29, 1.82) is 0 Å². The Morgan fingerprint density at radius 1 is 1.42 bits per heavy atom. The molecule has 0 aromatic heterocycles. The molecule has 0 saturated heterocycles. The van der Waals surface area contributed by atoms with Crippen LogP contribution in [0.4, 0.5) is 10.1 Å². The minimum atomic E-state index is -1.10. The van der Waals surface area contributed by atoms with Crippen LogP contribution in [0.2, 0.25) is 0 Å². The van der Waals surface area contributed by atoms with Crippen LogP contribution in [0, 0.1) is 11.7 Å². The molecule has 1 aliphatic carbocycles. The first-order chi connectivity index (χ1) is 9.11. The fourth-order valence-corrected chi connectivity index (χ4v) is 2.85. The number of hydrogen-bond donors (Lipinski definition) is 2. The van der Waals surface area contributed by atoms with Crippen LogP contribution in [0.15, 0.2) is 18.2 Å². The van der Waals surface area contributed by atoms with E-state index in [-0.39, 0.29) is 5.56 Å². The Morgan fingerprint density at radius 2 is 2.16 bits per heavy atom. The number of benzene rings is 1. The SMILES string of the molecule is CCC1CCCCC1Nc1ccc(C(=O)O)cc1F. The van der Waals surface area contributed by atoms with Gasteiger partial charge in [0.2, 0.25) is 0 Å². The topological polar surface area (TPSA) is 49.3 Å². The van der Waals surface area contributed by atoms with Crippen LogP contribution < -0.4 is 5.32 Å². The lowest BCUT2D eigenvalue weighted by Crippen LogP contribution is -2.32. The highest BCUT2D eigenvalue weighted by molar-refractivity contribution is 5.88. The number of rotatable bonds is 4. The van der Waals surface area contributed by atoms with Crippen molar-refractivity contribution in [2.45, 2.75) is 45.1 Å². The molecule has 1 aromatic carbocycles. The van der Waals surface area contributed by atoms with E-state index in [0.717, 1.165) is 18.9 Å². The van der Waals surface area contributed by atoms with E-state index in [1.807, 2.05) is 0 Å². The standard InChI is InChI=1S/C15H20FNO2/c1-2-10-5-3-4-6-13(10)17-14-8-7-11(15(18)19)9-12(14)16/h7-10,13,17H,2-6H2,1H3,(H,18,19). The van der Waals surface area contributed by atoms with Gasteiger partial charge in [0.05, 0.1) is 11.3 Å². The maximum Gasteiger partial charge on any atom is 0.335 e. The lowest BCUT2D eigenvalue weighted by atomic mass is 9.83. The summed E-state index contributed by atoms with van der Waals surface area (Å²) in [5.41, 5.74) is 0.397. The van der Waals surface area contributed by atoms with Crippen molar-refractivity contribution < 1.29 is 14.3 Å². The molecule has 0 aliphatic heterocycles. The van der Waals surface area contributed by atoms with Gasteiger partial charge >= 0.3 is 5.97 Å². The summed E-state index contributed by atoms with van der Waals surface area (Å²) in [5, 5.41) is 12.1. The number of halogens is 1. The van der Waals surface area contributed by atoms with Crippen LogP contribution in [0.3, 0.4) is 0 Å². The van der Waals surface area contributed by atoms with E-state index in [4.69, 9.17) is 5.11 Å². The third kappa shape index (κ3) is 3.25. The number of nitrogens with one attached hydrogen (secondary N) is 1. The molecule has 0 radical (unpaired) electrons. The largest absolute Gasteiger partial charge is 0.478 e. The van der Waals surface area contributed by atoms with Gasteiger partial charge in [-0.3, -0.25) is 0 Å². The second-order valence-electron chi connectivity index (χ2n) is 5.20. The third-order valence-electron chi connectivity index (χ3n) is 3.99. The molecule has 0 spiro atoms. The highest BCUT2D eigenvalue weighted by Gasteiger charge is 2.24. The lowest BCUT2D eigenvalue weighted by molar-refractivity contribution is 0.0696. The van der Waals surface area contributed by atoms with Gasteiger partial charge in [-0.25, -0.2) is 9.18 Å². The predicted octanol–water partition coefficient (Wildman–Crippen LogP) is 3.90. The van der Waals surface area contributed by atoms with Crippen molar-refractivity contribution >= 4 is 11.7 Å². The van der Waals surface area contributed by atoms with Gasteiger partial charge in [-0.1, -0.05) is 26.2 Å². The van der Waals surface area contributed by atoms with Crippen molar-refractivity contribution in [3.63, 3.8) is 0 Å². The molecule has 2 N–H and O–H groups in total. The number of anilines is 1. The Hall–Kier alpha value is -1.58. The van der Waals surface area contributed by atoms with Gasteiger partial charge in [0.15, 0.2) is 0 Å². The molecular formula is C15H20FNO2. The average molecular weight is 265 g/mol. The molecule has 0 heterocycles. The number of carbonyl (C=O) groups is 1. The molecule has 1 aliphatic rings. The van der Waals surface area contributed by atoms with E-state index in [9.17, 15) is 9.18 Å². The maximum atomic E-state index is 13.9. The van der Waals surface area contributed by atoms with Crippen molar-refractivity contribution in [1.82, 2.24) is 0 Å². The van der Waals surface area contributed by atoms with Gasteiger partial charge < -0.3 is 10.4 Å². The van der Waals surface area contributed by atoms with Gasteiger partial charge in [-0.05, 0) is 37.0 Å². The van der Waals surface area contributed by atoms with Crippen LogP contribution in [0.5, 0.6) is 0 Å². The van der Waals surface area contributed by atoms with Crippen LogP contribution >= 0.6 is 0 Å². The lowest BCUT2D eigenvalue weighted by Gasteiger charge is -2.32. The Balaban J connectivity index is 2.11. The summed E-state index contributed by atoms with van der Waals surface area (Å²) >= 11 is 0. The molecule has 2 atom stereocenters. The quantitative estimate of drug-likeness (QED) is 0.868. The minimum absolute atomic E-state index is 0.0151. The summed E-state index contributed by atoms with van der Waals surface area (Å²) in [6, 6.07) is 4.34. The molecule has 0 bridgehead atoms. The molecule has 2 unspecified atom stereocenters. The number of hydrogen-bond acceptors (Lipinski definition) is 2. The van der Waals surface area contributed by atoms with Crippen LogP contribution in [-0.4, -0.2) is 17.1 Å². The molecule has 1 saturated carbocycles. The molecule has 1 aromatic rings. The van der Waals surface area contributed by atoms with Gasteiger partial charge in [-0.15, -0.1) is 0 Å².